The number of fused-ring (bicyclic) bond motifs is 1. The first kappa shape index (κ1) is 28.3. The molecule has 3 rings (SSSR count). The molecule has 0 aromatic heterocycles. The van der Waals surface area contributed by atoms with Gasteiger partial charge in [-0.2, -0.15) is 0 Å². The van der Waals surface area contributed by atoms with E-state index >= 15 is 8.78 Å². The molecule has 1 saturated carbocycles. The lowest BCUT2D eigenvalue weighted by atomic mass is 9.88. The number of alkyl halides is 3. The minimum Gasteiger partial charge on any atom is -0.469 e. The molecule has 34 heavy (non-hydrogen) atoms. The molecule has 0 N–H and O–H groups in total. The summed E-state index contributed by atoms with van der Waals surface area (Å²) in [6.45, 7) is 2.70. The lowest BCUT2D eigenvalue weighted by molar-refractivity contribution is -0.189. The van der Waals surface area contributed by atoms with Crippen molar-refractivity contribution in [3.05, 3.63) is 12.2 Å². The topological polar surface area (TPSA) is 54.0 Å². The van der Waals surface area contributed by atoms with Crippen LogP contribution < -0.4 is 0 Å². The van der Waals surface area contributed by atoms with Crippen molar-refractivity contribution in [2.24, 2.45) is 11.8 Å². The van der Waals surface area contributed by atoms with Crippen molar-refractivity contribution in [3.8, 4) is 0 Å². The Bertz CT molecular complexity index is 645. The van der Waals surface area contributed by atoms with Crippen LogP contribution in [0, 0.1) is 11.8 Å². The second-order valence-corrected chi connectivity index (χ2v) is 11.4. The number of ether oxygens (including phenoxy) is 4. The summed E-state index contributed by atoms with van der Waals surface area (Å²) in [6.07, 6.45) is 8.42. The van der Waals surface area contributed by atoms with Gasteiger partial charge in [0.05, 0.1) is 13.2 Å². The number of rotatable bonds is 13. The maximum atomic E-state index is 15.5. The van der Waals surface area contributed by atoms with Gasteiger partial charge in [-0.3, -0.25) is 4.79 Å². The van der Waals surface area contributed by atoms with Crippen LogP contribution in [0.4, 0.5) is 8.78 Å². The Morgan fingerprint density at radius 2 is 2.03 bits per heavy atom. The molecule has 0 spiro atoms. The molecule has 2 aliphatic heterocycles. The van der Waals surface area contributed by atoms with Crippen molar-refractivity contribution >= 4 is 28.6 Å². The van der Waals surface area contributed by atoms with Crippen LogP contribution in [0.1, 0.15) is 77.6 Å². The lowest BCUT2D eigenvalue weighted by Gasteiger charge is -2.28. The third-order valence-electron chi connectivity index (χ3n) is 7.35. The fourth-order valence-electron chi connectivity index (χ4n) is 5.39. The highest BCUT2D eigenvalue weighted by Crippen LogP contribution is 2.47. The van der Waals surface area contributed by atoms with E-state index < -0.39 is 24.6 Å². The highest BCUT2D eigenvalue weighted by atomic mass is 127. The minimum atomic E-state index is -1.10. The third-order valence-corrected chi connectivity index (χ3v) is 8.68. The molecule has 0 radical (unpaired) electrons. The average molecular weight is 599 g/mol. The average Bonchev–Trinajstić information content (AvgIpc) is 3.40. The second kappa shape index (κ2) is 14.4. The maximum Gasteiger partial charge on any atom is 0.305 e. The van der Waals surface area contributed by atoms with Crippen LogP contribution in [0.5, 0.6) is 0 Å². The Kier molecular flexibility index (Phi) is 12.0. The zero-order valence-corrected chi connectivity index (χ0v) is 22.7. The van der Waals surface area contributed by atoms with Crippen molar-refractivity contribution < 1.29 is 32.5 Å². The number of methoxy groups -OCH3 is 1. The standard InChI is InChI=1S/C26H41F2IO5/c1-3-4-8-18(27)20(33-23-11-5-6-16-32-23)14-12-17-13-15-21-24(17)25(28)26(34-21)19(29)9-7-10-22(30)31-2/h12,14,17-21,23-26H,3-11,13,15-16H2,1-2H3/b14-12+/t17-,18+,19?,20+,21+,23?,24+,25?,26?/m0/s1. The van der Waals surface area contributed by atoms with E-state index in [-0.39, 0.29) is 34.1 Å². The number of allylic oxidation sites excluding steroid dienone is 1. The van der Waals surface area contributed by atoms with Gasteiger partial charge >= 0.3 is 5.97 Å². The molecule has 9 atom stereocenters. The number of hydrogen-bond donors (Lipinski definition) is 0. The molecule has 5 nitrogen and oxygen atoms in total. The summed E-state index contributed by atoms with van der Waals surface area (Å²) in [6, 6.07) is 0. The Labute approximate surface area is 216 Å². The molecule has 0 amide bonds. The quantitative estimate of drug-likeness (QED) is 0.108. The smallest absolute Gasteiger partial charge is 0.305 e. The zero-order chi connectivity index (χ0) is 24.5. The molecule has 2 saturated heterocycles. The van der Waals surface area contributed by atoms with Gasteiger partial charge in [-0.25, -0.2) is 8.78 Å². The summed E-state index contributed by atoms with van der Waals surface area (Å²) in [4.78, 5) is 11.4. The second-order valence-electron chi connectivity index (χ2n) is 9.83. The summed E-state index contributed by atoms with van der Waals surface area (Å²) in [5, 5.41) is 0. The van der Waals surface area contributed by atoms with Gasteiger partial charge in [-0.05, 0) is 57.3 Å². The summed E-state index contributed by atoms with van der Waals surface area (Å²) >= 11 is 2.25. The van der Waals surface area contributed by atoms with Crippen LogP contribution in [0.3, 0.4) is 0 Å². The molecule has 3 aliphatic rings. The van der Waals surface area contributed by atoms with Gasteiger partial charge < -0.3 is 18.9 Å². The zero-order valence-electron chi connectivity index (χ0n) is 20.5. The number of unbranched alkanes of at least 4 members (excludes halogenated alkanes) is 1. The SMILES string of the molecule is CCCC[C@@H](F)[C@@H](/C=C/[C@H]1CC[C@H]2OC(C(I)CCCC(=O)OC)C(F)[C@H]12)OC1CCCCO1. The molecule has 196 valence electrons. The van der Waals surface area contributed by atoms with E-state index in [1.807, 2.05) is 12.2 Å². The van der Waals surface area contributed by atoms with Gasteiger partial charge in [0.2, 0.25) is 0 Å². The van der Waals surface area contributed by atoms with E-state index in [0.29, 0.717) is 32.3 Å². The Morgan fingerprint density at radius 3 is 2.74 bits per heavy atom. The maximum absolute atomic E-state index is 15.5. The Morgan fingerprint density at radius 1 is 1.21 bits per heavy atom. The highest BCUT2D eigenvalue weighted by Gasteiger charge is 2.52. The van der Waals surface area contributed by atoms with Crippen molar-refractivity contribution in [2.75, 3.05) is 13.7 Å². The molecular formula is C26H41F2IO5. The van der Waals surface area contributed by atoms with Crippen LogP contribution in [0.25, 0.3) is 0 Å². The first-order valence-corrected chi connectivity index (χ1v) is 14.3. The van der Waals surface area contributed by atoms with Gasteiger partial charge in [-0.1, -0.05) is 54.5 Å². The first-order valence-electron chi connectivity index (χ1n) is 13.0. The van der Waals surface area contributed by atoms with E-state index in [1.54, 1.807) is 0 Å². The fourth-order valence-corrected chi connectivity index (χ4v) is 6.40. The number of carbonyl (C=O) groups is 1. The van der Waals surface area contributed by atoms with E-state index in [0.717, 1.165) is 44.9 Å². The van der Waals surface area contributed by atoms with Gasteiger partial charge in [0.25, 0.3) is 0 Å². The summed E-state index contributed by atoms with van der Waals surface area (Å²) in [5.41, 5.74) is 0. The van der Waals surface area contributed by atoms with Crippen LogP contribution in [-0.2, 0) is 23.7 Å². The number of hydrogen-bond acceptors (Lipinski definition) is 5. The molecule has 4 unspecified atom stereocenters. The van der Waals surface area contributed by atoms with Crippen molar-refractivity contribution in [2.45, 2.75) is 118 Å². The predicted molar refractivity (Wildman–Crippen MR) is 135 cm³/mol. The predicted octanol–water partition coefficient (Wildman–Crippen LogP) is 6.26. The van der Waals surface area contributed by atoms with Crippen molar-refractivity contribution in [1.82, 2.24) is 0 Å². The van der Waals surface area contributed by atoms with Crippen molar-refractivity contribution in [3.63, 3.8) is 0 Å². The summed E-state index contributed by atoms with van der Waals surface area (Å²) in [5.74, 6) is -0.435. The third kappa shape index (κ3) is 7.84. The molecule has 0 aromatic carbocycles. The Hall–Kier alpha value is -0.320. The number of carbonyl (C=O) groups excluding carboxylic acids is 1. The van der Waals surface area contributed by atoms with Gasteiger partial charge in [-0.15, -0.1) is 0 Å². The molecular weight excluding hydrogens is 557 g/mol. The molecule has 1 aliphatic carbocycles. The highest BCUT2D eigenvalue weighted by molar-refractivity contribution is 14.1. The molecule has 0 bridgehead atoms. The summed E-state index contributed by atoms with van der Waals surface area (Å²) < 4.78 is 53.1. The number of esters is 1. The van der Waals surface area contributed by atoms with Crippen LogP contribution in [-0.4, -0.2) is 60.6 Å². The van der Waals surface area contributed by atoms with Crippen molar-refractivity contribution in [1.29, 1.82) is 0 Å². The molecule has 2 heterocycles. The summed E-state index contributed by atoms with van der Waals surface area (Å²) in [7, 11) is 1.38. The van der Waals surface area contributed by atoms with E-state index in [4.69, 9.17) is 14.2 Å². The van der Waals surface area contributed by atoms with Crippen LogP contribution in [0.15, 0.2) is 12.2 Å². The molecule has 3 fully saturated rings. The van der Waals surface area contributed by atoms with Crippen LogP contribution in [0.2, 0.25) is 0 Å². The van der Waals surface area contributed by atoms with E-state index in [9.17, 15) is 4.79 Å². The lowest BCUT2D eigenvalue weighted by Crippen LogP contribution is -2.33. The molecule has 8 heteroatoms. The van der Waals surface area contributed by atoms with E-state index in [1.165, 1.54) is 7.11 Å². The largest absolute Gasteiger partial charge is 0.469 e. The van der Waals surface area contributed by atoms with Gasteiger partial charge in [0.15, 0.2) is 6.29 Å². The normalized spacial score (nSPS) is 34.1. The first-order chi connectivity index (χ1) is 16.4. The Balaban J connectivity index is 1.58. The monoisotopic (exact) mass is 598 g/mol. The van der Waals surface area contributed by atoms with Gasteiger partial charge in [0, 0.05) is 22.9 Å². The van der Waals surface area contributed by atoms with E-state index in [2.05, 4.69) is 34.3 Å². The number of halogens is 3. The molecule has 0 aromatic rings. The minimum absolute atomic E-state index is 0.00344. The fraction of sp³-hybridized carbons (Fsp3) is 0.885. The van der Waals surface area contributed by atoms with Gasteiger partial charge in [0.1, 0.15) is 24.6 Å². The van der Waals surface area contributed by atoms with Crippen LogP contribution >= 0.6 is 22.6 Å².